The summed E-state index contributed by atoms with van der Waals surface area (Å²) in [6.07, 6.45) is 26.6. The predicted molar refractivity (Wildman–Crippen MR) is 228 cm³/mol. The number of halogens is 2. The Labute approximate surface area is 354 Å². The largest absolute Gasteiger partial charge is 0.465 e. The number of H-pyrrole nitrogens is 2. The van der Waals surface area contributed by atoms with Crippen LogP contribution in [0.4, 0.5) is 0 Å². The number of hydrogen-bond acceptors (Lipinski definition) is 8. The Hall–Kier alpha value is -3.12. The van der Waals surface area contributed by atoms with E-state index in [1.807, 2.05) is 13.8 Å². The minimum absolute atomic E-state index is 0.0118. The SMILES string of the molecule is CCCCCCCCC(CCCCCCCC)COC(=O)C1CCCC1c1nc2c(Cl)c(C)[nH]n2n1.Cc1[nH]n2nc(CCC(=O)OC3CC4CCC3C4)nc2c1Cl. The second-order valence-corrected chi connectivity index (χ2v) is 18.3. The van der Waals surface area contributed by atoms with E-state index in [4.69, 9.17) is 32.7 Å². The molecule has 7 rings (SSSR count). The highest BCUT2D eigenvalue weighted by Gasteiger charge is 2.42. The van der Waals surface area contributed by atoms with Crippen molar-refractivity contribution in [2.24, 2.45) is 23.7 Å². The summed E-state index contributed by atoms with van der Waals surface area (Å²) in [7, 11) is 0. The fourth-order valence-corrected chi connectivity index (χ4v) is 9.83. The van der Waals surface area contributed by atoms with Crippen LogP contribution >= 0.6 is 23.2 Å². The molecule has 3 aliphatic carbocycles. The number of carbonyl (C=O) groups is 2. The Bertz CT molecular complexity index is 1880. The summed E-state index contributed by atoms with van der Waals surface area (Å²) >= 11 is 12.5. The van der Waals surface area contributed by atoms with E-state index in [-0.39, 0.29) is 29.9 Å². The third-order valence-electron chi connectivity index (χ3n) is 12.9. The predicted octanol–water partition coefficient (Wildman–Crippen LogP) is 11.2. The number of rotatable bonds is 22. The van der Waals surface area contributed by atoms with Crippen LogP contribution < -0.4 is 0 Å². The molecule has 0 aliphatic heterocycles. The molecular formula is C44H68Cl2N8O4. The van der Waals surface area contributed by atoms with Crippen molar-refractivity contribution in [1.82, 2.24) is 39.6 Å². The van der Waals surface area contributed by atoms with Gasteiger partial charge in [-0.15, -0.1) is 10.2 Å². The zero-order valence-corrected chi connectivity index (χ0v) is 37.0. The van der Waals surface area contributed by atoms with E-state index in [9.17, 15) is 9.59 Å². The van der Waals surface area contributed by atoms with Gasteiger partial charge in [-0.1, -0.05) is 121 Å². The molecule has 4 aromatic rings. The summed E-state index contributed by atoms with van der Waals surface area (Å²) in [5.74, 6) is 2.84. The minimum atomic E-state index is -0.152. The van der Waals surface area contributed by atoms with Gasteiger partial charge in [-0.25, -0.2) is 9.97 Å². The highest BCUT2D eigenvalue weighted by molar-refractivity contribution is 6.34. The van der Waals surface area contributed by atoms with Crippen LogP contribution in [0.5, 0.6) is 0 Å². The van der Waals surface area contributed by atoms with Crippen LogP contribution in [0.25, 0.3) is 11.3 Å². The van der Waals surface area contributed by atoms with E-state index in [0.717, 1.165) is 43.0 Å². The van der Waals surface area contributed by atoms with Gasteiger partial charge in [0.05, 0.1) is 30.3 Å². The molecule has 3 aliphatic rings. The summed E-state index contributed by atoms with van der Waals surface area (Å²) in [6.45, 7) is 8.86. The van der Waals surface area contributed by atoms with Gasteiger partial charge in [0, 0.05) is 12.3 Å². The number of fused-ring (bicyclic) bond motifs is 4. The average Bonchev–Trinajstić information content (AvgIpc) is 4.09. The van der Waals surface area contributed by atoms with Crippen LogP contribution in [-0.4, -0.2) is 64.3 Å². The second kappa shape index (κ2) is 21.9. The van der Waals surface area contributed by atoms with Crippen LogP contribution in [0.2, 0.25) is 10.0 Å². The molecule has 0 amide bonds. The lowest BCUT2D eigenvalue weighted by Gasteiger charge is -2.21. The van der Waals surface area contributed by atoms with Gasteiger partial charge in [0.25, 0.3) is 0 Å². The van der Waals surface area contributed by atoms with E-state index < -0.39 is 0 Å². The number of carbonyl (C=O) groups excluding carboxylic acids is 2. The van der Waals surface area contributed by atoms with Crippen molar-refractivity contribution in [1.29, 1.82) is 0 Å². The third kappa shape index (κ3) is 11.8. The second-order valence-electron chi connectivity index (χ2n) is 17.5. The lowest BCUT2D eigenvalue weighted by molar-refractivity contribution is -0.152. The first-order valence-corrected chi connectivity index (χ1v) is 23.5. The molecule has 5 atom stereocenters. The van der Waals surface area contributed by atoms with E-state index in [0.29, 0.717) is 64.3 Å². The number of aromatic nitrogens is 8. The number of nitrogens with one attached hydrogen (secondary N) is 2. The molecule has 322 valence electrons. The fraction of sp³-hybridized carbons (Fsp3) is 0.773. The molecule has 4 heterocycles. The molecular weight excluding hydrogens is 775 g/mol. The maximum Gasteiger partial charge on any atom is 0.309 e. The van der Waals surface area contributed by atoms with Gasteiger partial charge >= 0.3 is 11.9 Å². The molecule has 5 unspecified atom stereocenters. The quantitative estimate of drug-likeness (QED) is 0.0588. The van der Waals surface area contributed by atoms with Crippen LogP contribution in [-0.2, 0) is 25.5 Å². The van der Waals surface area contributed by atoms with Crippen molar-refractivity contribution in [2.45, 2.75) is 187 Å². The smallest absolute Gasteiger partial charge is 0.309 e. The number of esters is 2. The molecule has 0 radical (unpaired) electrons. The Balaban J connectivity index is 0.000000218. The summed E-state index contributed by atoms with van der Waals surface area (Å²) in [6, 6.07) is 0. The minimum Gasteiger partial charge on any atom is -0.465 e. The van der Waals surface area contributed by atoms with Gasteiger partial charge in [-0.2, -0.15) is 9.26 Å². The van der Waals surface area contributed by atoms with E-state index in [1.54, 1.807) is 9.26 Å². The summed E-state index contributed by atoms with van der Waals surface area (Å²) in [4.78, 5) is 34.2. The van der Waals surface area contributed by atoms with E-state index >= 15 is 0 Å². The lowest BCUT2D eigenvalue weighted by atomic mass is 9.94. The standard InChI is InChI=1S/C29H49ClN4O2.C15H19ClN4O2/c1-4-6-8-10-12-14-17-23(18-15-13-11-9-7-5-2)21-36-29(35)25-20-16-19-24(25)27-31-28-26(30)22(3)32-34(28)33-27;1-8-14(16)15-17-12(19-20(15)18-8)4-5-13(21)22-11-7-9-2-3-10(11)6-9/h23-25,32H,4-21H2,1-3H3;9-11,18H,2-7H2,1H3. The van der Waals surface area contributed by atoms with Crippen molar-refractivity contribution >= 4 is 46.4 Å². The van der Waals surface area contributed by atoms with E-state index in [2.05, 4.69) is 44.2 Å². The Kier molecular flexibility index (Phi) is 16.8. The normalized spacial score (nSPS) is 21.4. The fourth-order valence-electron chi connectivity index (χ4n) is 9.51. The number of unbranched alkanes of at least 4 members (excludes halogenated alkanes) is 10. The number of hydrogen-bond donors (Lipinski definition) is 2. The monoisotopic (exact) mass is 842 g/mol. The van der Waals surface area contributed by atoms with Crippen LogP contribution in [0.3, 0.4) is 0 Å². The van der Waals surface area contributed by atoms with E-state index in [1.165, 1.54) is 109 Å². The molecule has 2 bridgehead atoms. The van der Waals surface area contributed by atoms with Gasteiger partial charge < -0.3 is 9.47 Å². The molecule has 0 saturated heterocycles. The molecule has 4 aromatic heterocycles. The van der Waals surface area contributed by atoms with Crippen LogP contribution in [0, 0.1) is 37.5 Å². The Morgan fingerprint density at radius 3 is 1.98 bits per heavy atom. The van der Waals surface area contributed by atoms with Crippen LogP contribution in [0.15, 0.2) is 0 Å². The number of aryl methyl sites for hydroxylation is 3. The highest BCUT2D eigenvalue weighted by atomic mass is 35.5. The van der Waals surface area contributed by atoms with Gasteiger partial charge in [0.1, 0.15) is 16.1 Å². The van der Waals surface area contributed by atoms with Gasteiger partial charge in [-0.3, -0.25) is 19.8 Å². The molecule has 3 saturated carbocycles. The summed E-state index contributed by atoms with van der Waals surface area (Å²) < 4.78 is 14.8. The molecule has 2 N–H and O–H groups in total. The maximum atomic E-state index is 13.2. The summed E-state index contributed by atoms with van der Waals surface area (Å²) in [5.41, 5.74) is 2.93. The number of ether oxygens (including phenoxy) is 2. The van der Waals surface area contributed by atoms with Crippen molar-refractivity contribution in [2.75, 3.05) is 6.61 Å². The first kappa shape index (κ1) is 44.4. The molecule has 58 heavy (non-hydrogen) atoms. The van der Waals surface area contributed by atoms with Crippen molar-refractivity contribution < 1.29 is 19.1 Å². The molecule has 0 aromatic carbocycles. The summed E-state index contributed by atoms with van der Waals surface area (Å²) in [5, 5.41) is 16.2. The van der Waals surface area contributed by atoms with Gasteiger partial charge in [-0.05, 0) is 83.0 Å². The number of nitrogens with zero attached hydrogens (tertiary/aromatic N) is 6. The first-order chi connectivity index (χ1) is 28.1. The molecule has 0 spiro atoms. The van der Waals surface area contributed by atoms with Gasteiger partial charge in [0.2, 0.25) is 0 Å². The topological polar surface area (TPSA) is 145 Å². The highest BCUT2D eigenvalue weighted by Crippen LogP contribution is 2.46. The Morgan fingerprint density at radius 1 is 0.776 bits per heavy atom. The van der Waals surface area contributed by atoms with Crippen molar-refractivity contribution in [3.63, 3.8) is 0 Å². The van der Waals surface area contributed by atoms with Gasteiger partial charge in [0.15, 0.2) is 22.9 Å². The van der Waals surface area contributed by atoms with Crippen molar-refractivity contribution in [3.8, 4) is 0 Å². The zero-order valence-electron chi connectivity index (χ0n) is 35.5. The zero-order chi connectivity index (χ0) is 41.0. The first-order valence-electron chi connectivity index (χ1n) is 22.7. The number of aromatic amines is 2. The Morgan fingerprint density at radius 2 is 1.40 bits per heavy atom. The van der Waals surface area contributed by atoms with Crippen molar-refractivity contribution in [3.05, 3.63) is 33.1 Å². The maximum absolute atomic E-state index is 13.2. The molecule has 3 fully saturated rings. The van der Waals surface area contributed by atoms with Crippen LogP contribution in [0.1, 0.15) is 184 Å². The average molecular weight is 844 g/mol. The molecule has 12 nitrogen and oxygen atoms in total. The lowest BCUT2D eigenvalue weighted by Crippen LogP contribution is -2.24. The third-order valence-corrected chi connectivity index (χ3v) is 13.8. The molecule has 14 heteroatoms.